The summed E-state index contributed by atoms with van der Waals surface area (Å²) in [4.78, 5) is 0. The fourth-order valence-corrected chi connectivity index (χ4v) is 6.80. The van der Waals surface area contributed by atoms with E-state index in [4.69, 9.17) is 8.85 Å². The molecule has 0 amide bonds. The Bertz CT molecular complexity index is 468. The minimum Gasteiger partial charge on any atom is -0.397 e. The van der Waals surface area contributed by atoms with Crippen LogP contribution in [0.4, 0.5) is 0 Å². The molecule has 0 fully saturated rings. The van der Waals surface area contributed by atoms with Gasteiger partial charge in [-0.2, -0.15) is 0 Å². The van der Waals surface area contributed by atoms with Crippen LogP contribution in [-0.2, 0) is 15.4 Å². The molecule has 5 heteroatoms. The zero-order valence-electron chi connectivity index (χ0n) is 17.5. The van der Waals surface area contributed by atoms with Gasteiger partial charge in [0.05, 0.1) is 0 Å². The summed E-state index contributed by atoms with van der Waals surface area (Å²) in [6, 6.07) is 12.0. The Morgan fingerprint density at radius 2 is 1.56 bits per heavy atom. The number of rotatable bonds is 11. The minimum absolute atomic E-state index is 0.346. The molecule has 0 aliphatic heterocycles. The summed E-state index contributed by atoms with van der Waals surface area (Å²) in [6.07, 6.45) is 1.16. The second-order valence-electron chi connectivity index (χ2n) is 8.20. The summed E-state index contributed by atoms with van der Waals surface area (Å²) in [5, 5.41) is 0.346. The quantitative estimate of drug-likeness (QED) is 0.493. The summed E-state index contributed by atoms with van der Waals surface area (Å²) in [6.45, 7) is 20.1. The van der Waals surface area contributed by atoms with E-state index >= 15 is 0 Å². The first-order chi connectivity index (χ1) is 11.7. The van der Waals surface area contributed by atoms with E-state index in [0.717, 1.165) is 38.8 Å². The van der Waals surface area contributed by atoms with Crippen molar-refractivity contribution in [2.24, 2.45) is 0 Å². The van der Waals surface area contributed by atoms with Crippen LogP contribution in [0, 0.1) is 0 Å². The zero-order valence-corrected chi connectivity index (χ0v) is 19.6. The molecule has 0 bridgehead atoms. The van der Waals surface area contributed by atoms with E-state index in [1.54, 1.807) is 0 Å². The Balaban J connectivity index is 2.77. The van der Waals surface area contributed by atoms with Crippen LogP contribution in [0.25, 0.3) is 0 Å². The Kier molecular flexibility index (Phi) is 9.60. The molecule has 0 atom stereocenters. The van der Waals surface area contributed by atoms with E-state index in [0.29, 0.717) is 5.04 Å². The number of hydrogen-bond donors (Lipinski definition) is 0. The van der Waals surface area contributed by atoms with Crippen molar-refractivity contribution in [2.45, 2.75) is 71.8 Å². The lowest BCUT2D eigenvalue weighted by molar-refractivity contribution is 0.211. The van der Waals surface area contributed by atoms with Crippen LogP contribution in [0.2, 0.25) is 24.2 Å². The summed E-state index contributed by atoms with van der Waals surface area (Å²) in [7, 11) is -3.04. The van der Waals surface area contributed by atoms with Crippen LogP contribution in [0.3, 0.4) is 0 Å². The van der Waals surface area contributed by atoms with Crippen molar-refractivity contribution in [1.29, 1.82) is 0 Å². The molecule has 1 aromatic carbocycles. The predicted octanol–water partition coefficient (Wildman–Crippen LogP) is 5.18. The number of benzene rings is 1. The first kappa shape index (κ1) is 22.6. The van der Waals surface area contributed by atoms with Gasteiger partial charge in [-0.1, -0.05) is 64.2 Å². The molecule has 144 valence electrons. The molecule has 0 N–H and O–H groups in total. The van der Waals surface area contributed by atoms with Crippen molar-refractivity contribution in [3.8, 4) is 0 Å². The average molecular weight is 382 g/mol. The van der Waals surface area contributed by atoms with E-state index in [9.17, 15) is 0 Å². The lowest BCUT2D eigenvalue weighted by Crippen LogP contribution is -2.54. The lowest BCUT2D eigenvalue weighted by atomic mass is 10.2. The Morgan fingerprint density at radius 1 is 1.00 bits per heavy atom. The van der Waals surface area contributed by atoms with Gasteiger partial charge in [0, 0.05) is 19.8 Å². The molecule has 0 radical (unpaired) electrons. The maximum atomic E-state index is 5.84. The molecule has 0 aliphatic rings. The third-order valence-corrected chi connectivity index (χ3v) is 13.3. The summed E-state index contributed by atoms with van der Waals surface area (Å²) in [5.41, 5.74) is 1.41. The molecule has 0 aliphatic carbocycles. The minimum atomic E-state index is -1.56. The highest BCUT2D eigenvalue weighted by Gasteiger charge is 2.40. The second kappa shape index (κ2) is 10.6. The molecule has 0 saturated carbocycles. The Hall–Kier alpha value is -0.466. The monoisotopic (exact) mass is 381 g/mol. The van der Waals surface area contributed by atoms with Crippen LogP contribution in [-0.4, -0.2) is 41.8 Å². The fraction of sp³-hybridized carbons (Fsp3) is 0.700. The molecule has 0 unspecified atom stereocenters. The van der Waals surface area contributed by atoms with Gasteiger partial charge in [-0.05, 0) is 43.5 Å². The maximum absolute atomic E-state index is 5.84. The van der Waals surface area contributed by atoms with E-state index in [1.165, 1.54) is 5.56 Å². The predicted molar refractivity (Wildman–Crippen MR) is 114 cm³/mol. The van der Waals surface area contributed by atoms with Gasteiger partial charge in [-0.3, -0.25) is 0 Å². The highest BCUT2D eigenvalue weighted by molar-refractivity contribution is 6.77. The van der Waals surface area contributed by atoms with E-state index in [-0.39, 0.29) is 0 Å². The fourth-order valence-electron chi connectivity index (χ4n) is 2.87. The van der Waals surface area contributed by atoms with Crippen molar-refractivity contribution in [2.75, 3.05) is 19.8 Å². The van der Waals surface area contributed by atoms with E-state index in [2.05, 4.69) is 82.6 Å². The second-order valence-corrected chi connectivity index (χ2v) is 15.6. The van der Waals surface area contributed by atoms with Crippen molar-refractivity contribution >= 4 is 17.5 Å². The number of hydrogen-bond acceptors (Lipinski definition) is 3. The number of nitrogens with zero attached hydrogens (tertiary/aromatic N) is 1. The molecular weight excluding hydrogens is 342 g/mol. The van der Waals surface area contributed by atoms with Crippen molar-refractivity contribution in [1.82, 2.24) is 4.57 Å². The molecule has 1 rings (SSSR count). The first-order valence-corrected chi connectivity index (χ1v) is 14.4. The smallest absolute Gasteiger partial charge is 0.321 e. The Labute approximate surface area is 158 Å². The Morgan fingerprint density at radius 3 is 2.04 bits per heavy atom. The molecule has 3 nitrogen and oxygen atoms in total. The van der Waals surface area contributed by atoms with Gasteiger partial charge in [0.15, 0.2) is 0 Å². The molecule has 0 heterocycles. The van der Waals surface area contributed by atoms with Crippen molar-refractivity contribution < 1.29 is 8.85 Å². The third-order valence-electron chi connectivity index (χ3n) is 5.42. The topological polar surface area (TPSA) is 21.7 Å². The molecule has 25 heavy (non-hydrogen) atoms. The summed E-state index contributed by atoms with van der Waals surface area (Å²) >= 11 is 0. The molecular formula is C20H39NO2Si2. The lowest BCUT2D eigenvalue weighted by Gasteiger charge is -2.46. The van der Waals surface area contributed by atoms with Crippen molar-refractivity contribution in [3.63, 3.8) is 0 Å². The molecule has 0 saturated heterocycles. The van der Waals surface area contributed by atoms with Crippen LogP contribution in [0.1, 0.15) is 46.6 Å². The van der Waals surface area contributed by atoms with Gasteiger partial charge in [0.1, 0.15) is 8.24 Å². The van der Waals surface area contributed by atoms with Gasteiger partial charge in [-0.25, -0.2) is 0 Å². The van der Waals surface area contributed by atoms with Crippen molar-refractivity contribution in [3.05, 3.63) is 35.9 Å². The normalized spacial score (nSPS) is 13.0. The van der Waals surface area contributed by atoms with E-state index in [1.807, 2.05) is 0 Å². The molecule has 0 aromatic heterocycles. The van der Waals surface area contributed by atoms with Gasteiger partial charge in [0.2, 0.25) is 0 Å². The SMILES string of the molecule is CCO[SiH](CCCN(Cc1ccccc1)[Si](C)(C)C(C)(C)C)OCC. The van der Waals surface area contributed by atoms with E-state index < -0.39 is 17.5 Å². The highest BCUT2D eigenvalue weighted by Crippen LogP contribution is 2.39. The van der Waals surface area contributed by atoms with Crippen LogP contribution >= 0.6 is 0 Å². The molecule has 1 aromatic rings. The maximum Gasteiger partial charge on any atom is 0.321 e. The highest BCUT2D eigenvalue weighted by atomic mass is 28.3. The zero-order chi connectivity index (χ0) is 18.9. The van der Waals surface area contributed by atoms with Gasteiger partial charge in [0.25, 0.3) is 0 Å². The summed E-state index contributed by atoms with van der Waals surface area (Å²) in [5.74, 6) is 0. The molecule has 0 spiro atoms. The van der Waals surface area contributed by atoms with Gasteiger partial charge in [-0.15, -0.1) is 0 Å². The van der Waals surface area contributed by atoms with Gasteiger partial charge < -0.3 is 13.4 Å². The van der Waals surface area contributed by atoms with Crippen LogP contribution in [0.5, 0.6) is 0 Å². The largest absolute Gasteiger partial charge is 0.397 e. The third kappa shape index (κ3) is 7.35. The summed E-state index contributed by atoms with van der Waals surface area (Å²) < 4.78 is 14.5. The first-order valence-electron chi connectivity index (χ1n) is 9.74. The average Bonchev–Trinajstić information content (AvgIpc) is 2.54. The van der Waals surface area contributed by atoms with Crippen LogP contribution < -0.4 is 0 Å². The standard InChI is InChI=1S/C20H39NO2Si2/c1-8-22-24(23-9-2)17-13-16-21(25(6,7)20(3,4)5)18-19-14-11-10-12-15-19/h10-12,14-15,24H,8-9,13,16-18H2,1-7H3. The van der Waals surface area contributed by atoms with Gasteiger partial charge >= 0.3 is 9.28 Å². The van der Waals surface area contributed by atoms with Crippen LogP contribution in [0.15, 0.2) is 30.3 Å².